The van der Waals surface area contributed by atoms with Crippen molar-refractivity contribution < 1.29 is 0 Å². The fourth-order valence-corrected chi connectivity index (χ4v) is 6.53. The Balaban J connectivity index is 1.40. The average molecular weight is 565 g/mol. The maximum absolute atomic E-state index is 3.90. The topological polar surface area (TPSA) is 12.0 Å². The second-order valence-corrected chi connectivity index (χ2v) is 10.8. The van der Waals surface area contributed by atoms with Gasteiger partial charge in [0.1, 0.15) is 0 Å². The van der Waals surface area contributed by atoms with Crippen LogP contribution in [0.2, 0.25) is 0 Å². The Morgan fingerprint density at radius 1 is 0.462 bits per heavy atom. The molecular formula is C37H26BrN. The smallest absolute Gasteiger partial charge is 0.0714 e. The number of halogens is 1. The van der Waals surface area contributed by atoms with Gasteiger partial charge in [-0.2, -0.15) is 0 Å². The lowest BCUT2D eigenvalue weighted by Gasteiger charge is -2.34. The predicted molar refractivity (Wildman–Crippen MR) is 167 cm³/mol. The van der Waals surface area contributed by atoms with Crippen LogP contribution >= 0.6 is 15.9 Å². The van der Waals surface area contributed by atoms with Gasteiger partial charge >= 0.3 is 0 Å². The van der Waals surface area contributed by atoms with Gasteiger partial charge in [0.15, 0.2) is 0 Å². The molecule has 6 aromatic rings. The van der Waals surface area contributed by atoms with Crippen molar-refractivity contribution in [2.75, 3.05) is 5.32 Å². The van der Waals surface area contributed by atoms with Gasteiger partial charge in [0, 0.05) is 10.2 Å². The zero-order valence-electron chi connectivity index (χ0n) is 21.3. The summed E-state index contributed by atoms with van der Waals surface area (Å²) in [6.45, 7) is 0. The Kier molecular flexibility index (Phi) is 5.91. The molecule has 7 rings (SSSR count). The molecule has 0 bridgehead atoms. The summed E-state index contributed by atoms with van der Waals surface area (Å²) >= 11 is 3.90. The lowest BCUT2D eigenvalue weighted by atomic mass is 9.67. The summed E-state index contributed by atoms with van der Waals surface area (Å²) in [4.78, 5) is 0. The van der Waals surface area contributed by atoms with Crippen molar-refractivity contribution in [1.29, 1.82) is 0 Å². The minimum atomic E-state index is -0.414. The van der Waals surface area contributed by atoms with Crippen LogP contribution < -0.4 is 5.32 Å². The molecule has 1 N–H and O–H groups in total. The second-order valence-electron chi connectivity index (χ2n) is 9.97. The molecule has 39 heavy (non-hydrogen) atoms. The lowest BCUT2D eigenvalue weighted by Crippen LogP contribution is -2.28. The Bertz CT molecular complexity index is 1720. The molecule has 0 radical (unpaired) electrons. The van der Waals surface area contributed by atoms with E-state index in [0.717, 1.165) is 15.8 Å². The van der Waals surface area contributed by atoms with Crippen molar-refractivity contribution in [1.82, 2.24) is 0 Å². The summed E-state index contributed by atoms with van der Waals surface area (Å²) in [5.41, 5.74) is 11.8. The van der Waals surface area contributed by atoms with Crippen LogP contribution in [0.3, 0.4) is 0 Å². The Hall–Kier alpha value is -4.40. The van der Waals surface area contributed by atoms with Crippen LogP contribution in [0.5, 0.6) is 0 Å². The number of fused-ring (bicyclic) bond motifs is 3. The molecular weight excluding hydrogens is 538 g/mol. The molecule has 0 aromatic heterocycles. The van der Waals surface area contributed by atoms with E-state index in [4.69, 9.17) is 0 Å². The van der Waals surface area contributed by atoms with Gasteiger partial charge < -0.3 is 5.32 Å². The first-order valence-corrected chi connectivity index (χ1v) is 14.0. The van der Waals surface area contributed by atoms with Crippen molar-refractivity contribution >= 4 is 27.3 Å². The zero-order chi connectivity index (χ0) is 26.2. The SMILES string of the molecule is Brc1cc2c(cc1Nc1ccc(-c3ccccc3)cc1)C(c1ccccc1)(c1ccccc1)c1ccccc1-2. The number of nitrogens with one attached hydrogen (secondary N) is 1. The van der Waals surface area contributed by atoms with Crippen molar-refractivity contribution in [3.8, 4) is 22.3 Å². The average Bonchev–Trinajstić information content (AvgIpc) is 3.29. The number of benzene rings is 6. The van der Waals surface area contributed by atoms with E-state index in [1.165, 1.54) is 44.5 Å². The molecule has 0 heterocycles. The van der Waals surface area contributed by atoms with Crippen LogP contribution in [-0.2, 0) is 5.41 Å². The van der Waals surface area contributed by atoms with Gasteiger partial charge in [-0.1, -0.05) is 127 Å². The highest BCUT2D eigenvalue weighted by atomic mass is 79.9. The molecule has 0 saturated heterocycles. The summed E-state index contributed by atoms with van der Waals surface area (Å²) in [7, 11) is 0. The third-order valence-corrected chi connectivity index (χ3v) is 8.47. The molecule has 0 unspecified atom stereocenters. The van der Waals surface area contributed by atoms with E-state index in [2.05, 4.69) is 167 Å². The summed E-state index contributed by atoms with van der Waals surface area (Å²) in [6.07, 6.45) is 0. The maximum atomic E-state index is 3.90. The van der Waals surface area contributed by atoms with Crippen LogP contribution in [0, 0.1) is 0 Å². The van der Waals surface area contributed by atoms with Crippen LogP contribution in [0.1, 0.15) is 22.3 Å². The van der Waals surface area contributed by atoms with Crippen LogP contribution in [0.25, 0.3) is 22.3 Å². The molecule has 0 fully saturated rings. The standard InChI is InChI=1S/C37H26BrN/c38-35-24-32-31-18-10-11-19-33(31)37(28-14-6-2-7-15-28,29-16-8-3-9-17-29)34(32)25-36(35)39-30-22-20-27(21-23-30)26-12-4-1-5-13-26/h1-25,39H. The van der Waals surface area contributed by atoms with Crippen LogP contribution in [0.15, 0.2) is 156 Å². The number of rotatable bonds is 5. The molecule has 0 atom stereocenters. The molecule has 0 saturated carbocycles. The third-order valence-electron chi connectivity index (χ3n) is 7.82. The molecule has 1 aliphatic rings. The van der Waals surface area contributed by atoms with E-state index in [1.54, 1.807) is 0 Å². The molecule has 2 heteroatoms. The summed E-state index contributed by atoms with van der Waals surface area (Å²) in [5.74, 6) is 0. The zero-order valence-corrected chi connectivity index (χ0v) is 22.9. The van der Waals surface area contributed by atoms with Gasteiger partial charge in [-0.25, -0.2) is 0 Å². The largest absolute Gasteiger partial charge is 0.355 e. The first kappa shape index (κ1) is 23.7. The maximum Gasteiger partial charge on any atom is 0.0714 e. The lowest BCUT2D eigenvalue weighted by molar-refractivity contribution is 0.768. The van der Waals surface area contributed by atoms with E-state index in [0.29, 0.717) is 0 Å². The Labute approximate surface area is 237 Å². The Morgan fingerprint density at radius 3 is 1.64 bits per heavy atom. The fourth-order valence-electron chi connectivity index (χ4n) is 6.09. The van der Waals surface area contributed by atoms with E-state index in [1.807, 2.05) is 6.07 Å². The van der Waals surface area contributed by atoms with Gasteiger partial charge in [-0.05, 0) is 84.7 Å². The van der Waals surface area contributed by atoms with Gasteiger partial charge in [-0.3, -0.25) is 0 Å². The number of hydrogen-bond acceptors (Lipinski definition) is 1. The van der Waals surface area contributed by atoms with Gasteiger partial charge in [0.25, 0.3) is 0 Å². The monoisotopic (exact) mass is 563 g/mol. The molecule has 0 spiro atoms. The molecule has 6 aromatic carbocycles. The fraction of sp³-hybridized carbons (Fsp3) is 0.0270. The number of anilines is 2. The van der Waals surface area contributed by atoms with E-state index < -0.39 is 5.41 Å². The normalized spacial score (nSPS) is 12.9. The second kappa shape index (κ2) is 9.72. The summed E-state index contributed by atoms with van der Waals surface area (Å²) in [5, 5.41) is 3.70. The molecule has 186 valence electrons. The quantitative estimate of drug-likeness (QED) is 0.219. The van der Waals surface area contributed by atoms with E-state index in [9.17, 15) is 0 Å². The Morgan fingerprint density at radius 2 is 1.00 bits per heavy atom. The van der Waals surface area contributed by atoms with E-state index in [-0.39, 0.29) is 0 Å². The first-order chi connectivity index (χ1) is 19.2. The minimum Gasteiger partial charge on any atom is -0.355 e. The van der Waals surface area contributed by atoms with Gasteiger partial charge in [-0.15, -0.1) is 0 Å². The van der Waals surface area contributed by atoms with E-state index >= 15 is 0 Å². The van der Waals surface area contributed by atoms with Gasteiger partial charge in [0.2, 0.25) is 0 Å². The van der Waals surface area contributed by atoms with Crippen LogP contribution in [0.4, 0.5) is 11.4 Å². The highest BCUT2D eigenvalue weighted by Gasteiger charge is 2.46. The molecule has 0 amide bonds. The van der Waals surface area contributed by atoms with Crippen LogP contribution in [-0.4, -0.2) is 0 Å². The van der Waals surface area contributed by atoms with Gasteiger partial charge in [0.05, 0.1) is 11.1 Å². The first-order valence-electron chi connectivity index (χ1n) is 13.2. The van der Waals surface area contributed by atoms with Crippen molar-refractivity contribution in [3.05, 3.63) is 178 Å². The van der Waals surface area contributed by atoms with Crippen molar-refractivity contribution in [2.45, 2.75) is 5.41 Å². The molecule has 1 aliphatic carbocycles. The third kappa shape index (κ3) is 3.91. The summed E-state index contributed by atoms with van der Waals surface area (Å²) < 4.78 is 1.04. The highest BCUT2D eigenvalue weighted by Crippen LogP contribution is 2.57. The number of hydrogen-bond donors (Lipinski definition) is 1. The minimum absolute atomic E-state index is 0.414. The highest BCUT2D eigenvalue weighted by molar-refractivity contribution is 9.10. The predicted octanol–water partition coefficient (Wildman–Crippen LogP) is 10.2. The van der Waals surface area contributed by atoms with Crippen molar-refractivity contribution in [3.63, 3.8) is 0 Å². The molecule has 0 aliphatic heterocycles. The summed E-state index contributed by atoms with van der Waals surface area (Å²) in [6, 6.07) is 54.4. The molecule has 1 nitrogen and oxygen atoms in total. The van der Waals surface area contributed by atoms with Crippen molar-refractivity contribution in [2.24, 2.45) is 0 Å².